The molecule has 1 aliphatic rings. The zero-order valence-electron chi connectivity index (χ0n) is 15.0. The maximum Gasteiger partial charge on any atom is 0.328 e. The van der Waals surface area contributed by atoms with Crippen molar-refractivity contribution in [2.45, 2.75) is 18.6 Å². The van der Waals surface area contributed by atoms with Crippen molar-refractivity contribution in [1.29, 1.82) is 0 Å². The van der Waals surface area contributed by atoms with Crippen molar-refractivity contribution in [3.05, 3.63) is 53.8 Å². The van der Waals surface area contributed by atoms with Crippen LogP contribution < -0.4 is 4.74 Å². The highest BCUT2D eigenvalue weighted by atomic mass is 19.1. The summed E-state index contributed by atoms with van der Waals surface area (Å²) in [7, 11) is 1.26. The number of nitrogens with one attached hydrogen (secondary N) is 1. The molecule has 1 saturated heterocycles. The topological polar surface area (TPSA) is 97.4 Å². The Morgan fingerprint density at radius 3 is 2.75 bits per heavy atom. The monoisotopic (exact) mass is 384 g/mol. The molecule has 1 N–H and O–H groups in total. The number of aromatic nitrogens is 3. The van der Waals surface area contributed by atoms with E-state index in [4.69, 9.17) is 9.47 Å². The first-order valence-corrected chi connectivity index (χ1v) is 8.67. The number of amides is 1. The molecule has 1 aliphatic heterocycles. The standard InChI is InChI=1S/C19H17FN4O4/c1-27-19(26)16-9-12(28-17-5-3-2-4-13(17)20)10-24(16)18(25)11-6-7-14-15(8-11)22-23-21-14/h2-8,12,16H,9-10H2,1H3,(H,21,22,23). The number of carbonyl (C=O) groups excluding carboxylic acids is 2. The second kappa shape index (κ2) is 7.26. The maximum absolute atomic E-state index is 13.9. The molecule has 9 heteroatoms. The van der Waals surface area contributed by atoms with E-state index in [0.29, 0.717) is 16.6 Å². The number of carbonyl (C=O) groups is 2. The molecule has 2 heterocycles. The number of fused-ring (bicyclic) bond motifs is 1. The maximum atomic E-state index is 13.9. The third-order valence-electron chi connectivity index (χ3n) is 4.69. The van der Waals surface area contributed by atoms with E-state index < -0.39 is 23.9 Å². The summed E-state index contributed by atoms with van der Waals surface area (Å²) < 4.78 is 24.4. The number of esters is 1. The van der Waals surface area contributed by atoms with Crippen LogP contribution in [0.1, 0.15) is 16.8 Å². The van der Waals surface area contributed by atoms with Crippen LogP contribution in [0.25, 0.3) is 11.0 Å². The molecular weight excluding hydrogens is 367 g/mol. The molecule has 28 heavy (non-hydrogen) atoms. The largest absolute Gasteiger partial charge is 0.485 e. The predicted molar refractivity (Wildman–Crippen MR) is 96.2 cm³/mol. The Bertz CT molecular complexity index is 1040. The molecule has 0 spiro atoms. The lowest BCUT2D eigenvalue weighted by atomic mass is 10.1. The lowest BCUT2D eigenvalue weighted by Crippen LogP contribution is -2.41. The van der Waals surface area contributed by atoms with Gasteiger partial charge >= 0.3 is 5.97 Å². The van der Waals surface area contributed by atoms with Gasteiger partial charge in [0.15, 0.2) is 11.6 Å². The van der Waals surface area contributed by atoms with Gasteiger partial charge in [0, 0.05) is 12.0 Å². The molecular formula is C19H17FN4O4. The molecule has 8 nitrogen and oxygen atoms in total. The van der Waals surface area contributed by atoms with Crippen LogP contribution in [0, 0.1) is 5.82 Å². The number of hydrogen-bond donors (Lipinski definition) is 1. The number of halogens is 1. The fraction of sp³-hybridized carbons (Fsp3) is 0.263. The van der Waals surface area contributed by atoms with E-state index in [1.807, 2.05) is 0 Å². The van der Waals surface area contributed by atoms with E-state index in [1.54, 1.807) is 30.3 Å². The van der Waals surface area contributed by atoms with Crippen molar-refractivity contribution >= 4 is 22.9 Å². The number of ether oxygens (including phenoxy) is 2. The highest BCUT2D eigenvalue weighted by molar-refractivity contribution is 5.99. The number of rotatable bonds is 4. The van der Waals surface area contributed by atoms with E-state index in [0.717, 1.165) is 0 Å². The second-order valence-electron chi connectivity index (χ2n) is 6.43. The van der Waals surface area contributed by atoms with Crippen molar-refractivity contribution < 1.29 is 23.5 Å². The van der Waals surface area contributed by atoms with Crippen LogP contribution in [0.5, 0.6) is 5.75 Å². The third-order valence-corrected chi connectivity index (χ3v) is 4.69. The fourth-order valence-corrected chi connectivity index (χ4v) is 3.33. The number of benzene rings is 2. The van der Waals surface area contributed by atoms with Crippen LogP contribution in [-0.2, 0) is 9.53 Å². The van der Waals surface area contributed by atoms with Crippen molar-refractivity contribution in [1.82, 2.24) is 20.3 Å². The molecule has 2 aromatic carbocycles. The molecule has 1 fully saturated rings. The summed E-state index contributed by atoms with van der Waals surface area (Å²) in [4.78, 5) is 26.6. The molecule has 1 aromatic heterocycles. The van der Waals surface area contributed by atoms with Gasteiger partial charge in [-0.05, 0) is 30.3 Å². The molecule has 2 atom stereocenters. The number of aromatic amines is 1. The molecule has 3 aromatic rings. The quantitative estimate of drug-likeness (QED) is 0.691. The second-order valence-corrected chi connectivity index (χ2v) is 6.43. The van der Waals surface area contributed by atoms with Gasteiger partial charge in [0.25, 0.3) is 5.91 Å². The Hall–Kier alpha value is -3.49. The highest BCUT2D eigenvalue weighted by Crippen LogP contribution is 2.27. The van der Waals surface area contributed by atoms with Gasteiger partial charge in [-0.3, -0.25) is 4.79 Å². The molecule has 0 aliphatic carbocycles. The Morgan fingerprint density at radius 1 is 1.18 bits per heavy atom. The zero-order chi connectivity index (χ0) is 19.7. The minimum Gasteiger partial charge on any atom is -0.485 e. The number of methoxy groups -OCH3 is 1. The summed E-state index contributed by atoms with van der Waals surface area (Å²) in [6.07, 6.45) is -0.334. The molecule has 0 radical (unpaired) electrons. The predicted octanol–water partition coefficient (Wildman–Crippen LogP) is 1.93. The zero-order valence-corrected chi connectivity index (χ0v) is 15.0. The van der Waals surface area contributed by atoms with Crippen LogP contribution in [0.3, 0.4) is 0 Å². The lowest BCUT2D eigenvalue weighted by molar-refractivity contribution is -0.145. The van der Waals surface area contributed by atoms with Crippen molar-refractivity contribution in [3.63, 3.8) is 0 Å². The highest BCUT2D eigenvalue weighted by Gasteiger charge is 2.42. The van der Waals surface area contributed by atoms with Gasteiger partial charge in [-0.1, -0.05) is 12.1 Å². The first-order chi connectivity index (χ1) is 13.6. The van der Waals surface area contributed by atoms with E-state index in [9.17, 15) is 14.0 Å². The van der Waals surface area contributed by atoms with Gasteiger partial charge < -0.3 is 14.4 Å². The average Bonchev–Trinajstić information content (AvgIpc) is 3.35. The van der Waals surface area contributed by atoms with E-state index in [2.05, 4.69) is 15.4 Å². The molecule has 0 bridgehead atoms. The normalized spacial score (nSPS) is 19.0. The van der Waals surface area contributed by atoms with Crippen LogP contribution in [-0.4, -0.2) is 58.0 Å². The van der Waals surface area contributed by atoms with E-state index >= 15 is 0 Å². The SMILES string of the molecule is COC(=O)C1CC(Oc2ccccc2F)CN1C(=O)c1ccc2n[nH]nc2c1. The Kier molecular flexibility index (Phi) is 4.64. The number of para-hydroxylation sites is 1. The summed E-state index contributed by atoms with van der Waals surface area (Å²) in [6, 6.07) is 10.1. The van der Waals surface area contributed by atoms with Gasteiger partial charge in [-0.25, -0.2) is 9.18 Å². The Labute approximate surface area is 159 Å². The summed E-state index contributed by atoms with van der Waals surface area (Å²) in [5.74, 6) is -1.33. The molecule has 144 valence electrons. The van der Waals surface area contributed by atoms with E-state index in [-0.39, 0.29) is 24.6 Å². The summed E-state index contributed by atoms with van der Waals surface area (Å²) in [5, 5.41) is 10.4. The van der Waals surface area contributed by atoms with Gasteiger partial charge in [-0.15, -0.1) is 0 Å². The van der Waals surface area contributed by atoms with Gasteiger partial charge in [-0.2, -0.15) is 15.4 Å². The van der Waals surface area contributed by atoms with E-state index in [1.165, 1.54) is 24.1 Å². The van der Waals surface area contributed by atoms with Crippen molar-refractivity contribution in [3.8, 4) is 5.75 Å². The number of H-pyrrole nitrogens is 1. The van der Waals surface area contributed by atoms with Crippen molar-refractivity contribution in [2.24, 2.45) is 0 Å². The van der Waals surface area contributed by atoms with Crippen LogP contribution in [0.2, 0.25) is 0 Å². The summed E-state index contributed by atoms with van der Waals surface area (Å²) >= 11 is 0. The molecule has 0 saturated carbocycles. The number of likely N-dealkylation sites (tertiary alicyclic amines) is 1. The molecule has 1 amide bonds. The minimum atomic E-state index is -0.817. The molecule has 2 unspecified atom stereocenters. The van der Waals surface area contributed by atoms with Crippen molar-refractivity contribution in [2.75, 3.05) is 13.7 Å². The fourth-order valence-electron chi connectivity index (χ4n) is 3.33. The molecule has 4 rings (SSSR count). The van der Waals surface area contributed by atoms with Gasteiger partial charge in [0.1, 0.15) is 23.2 Å². The number of nitrogens with zero attached hydrogens (tertiary/aromatic N) is 3. The smallest absolute Gasteiger partial charge is 0.328 e. The average molecular weight is 384 g/mol. The third kappa shape index (κ3) is 3.26. The van der Waals surface area contributed by atoms with Crippen LogP contribution in [0.15, 0.2) is 42.5 Å². The summed E-state index contributed by atoms with van der Waals surface area (Å²) in [6.45, 7) is 0.129. The first-order valence-electron chi connectivity index (χ1n) is 8.67. The minimum absolute atomic E-state index is 0.0782. The van der Waals surface area contributed by atoms with Crippen LogP contribution >= 0.6 is 0 Å². The Balaban J connectivity index is 1.58. The Morgan fingerprint density at radius 2 is 1.96 bits per heavy atom. The van der Waals surface area contributed by atoms with Gasteiger partial charge in [0.05, 0.1) is 13.7 Å². The summed E-state index contributed by atoms with van der Waals surface area (Å²) in [5.41, 5.74) is 1.53. The lowest BCUT2D eigenvalue weighted by Gasteiger charge is -2.22. The number of hydrogen-bond acceptors (Lipinski definition) is 6. The van der Waals surface area contributed by atoms with Crippen LogP contribution in [0.4, 0.5) is 4.39 Å². The first kappa shape index (κ1) is 17.9. The van der Waals surface area contributed by atoms with Gasteiger partial charge in [0.2, 0.25) is 0 Å².